The maximum atomic E-state index is 9.46. The molecule has 0 saturated carbocycles. The van der Waals surface area contributed by atoms with Gasteiger partial charge in [-0.3, -0.25) is 0 Å². The fourth-order valence-corrected chi connectivity index (χ4v) is 2.75. The van der Waals surface area contributed by atoms with Gasteiger partial charge in [-0.25, -0.2) is 0 Å². The molecule has 1 aromatic rings. The number of rotatable bonds is 6. The third-order valence-corrected chi connectivity index (χ3v) is 3.96. The summed E-state index contributed by atoms with van der Waals surface area (Å²) < 4.78 is 11.3. The Hall–Kier alpha value is -1.26. The van der Waals surface area contributed by atoms with E-state index in [0.29, 0.717) is 24.7 Å². The van der Waals surface area contributed by atoms with Crippen molar-refractivity contribution in [1.29, 1.82) is 0 Å². The summed E-state index contributed by atoms with van der Waals surface area (Å²) in [5.74, 6) is 1.31. The lowest BCUT2D eigenvalue weighted by atomic mass is 9.95. The minimum atomic E-state index is -0.00670. The average molecular weight is 293 g/mol. The first-order valence-electron chi connectivity index (χ1n) is 7.88. The Morgan fingerprint density at radius 1 is 1.43 bits per heavy atom. The van der Waals surface area contributed by atoms with E-state index in [0.717, 1.165) is 36.4 Å². The van der Waals surface area contributed by atoms with Gasteiger partial charge in [0.1, 0.15) is 5.75 Å². The molecule has 1 aliphatic heterocycles. The van der Waals surface area contributed by atoms with E-state index in [4.69, 9.17) is 9.47 Å². The van der Waals surface area contributed by atoms with Crippen LogP contribution in [0.2, 0.25) is 0 Å². The van der Waals surface area contributed by atoms with Gasteiger partial charge >= 0.3 is 0 Å². The Morgan fingerprint density at radius 2 is 2.24 bits per heavy atom. The summed E-state index contributed by atoms with van der Waals surface area (Å²) in [5.41, 5.74) is 1.87. The van der Waals surface area contributed by atoms with Crippen molar-refractivity contribution in [3.05, 3.63) is 23.8 Å². The van der Waals surface area contributed by atoms with E-state index in [-0.39, 0.29) is 6.61 Å². The quantitative estimate of drug-likeness (QED) is 0.845. The molecule has 0 amide bonds. The molecule has 0 radical (unpaired) electrons. The topological polar surface area (TPSA) is 50.7 Å². The van der Waals surface area contributed by atoms with Crippen molar-refractivity contribution in [2.75, 3.05) is 18.5 Å². The van der Waals surface area contributed by atoms with Crippen molar-refractivity contribution in [1.82, 2.24) is 0 Å². The van der Waals surface area contributed by atoms with Crippen molar-refractivity contribution in [2.45, 2.75) is 52.4 Å². The lowest BCUT2D eigenvalue weighted by Gasteiger charge is -2.33. The Bertz CT molecular complexity index is 448. The van der Waals surface area contributed by atoms with E-state index in [1.165, 1.54) is 0 Å². The molecule has 1 saturated heterocycles. The van der Waals surface area contributed by atoms with Crippen LogP contribution in [0.4, 0.5) is 5.69 Å². The molecule has 1 fully saturated rings. The third kappa shape index (κ3) is 4.35. The summed E-state index contributed by atoms with van der Waals surface area (Å²) in [6.07, 6.45) is 2.38. The van der Waals surface area contributed by atoms with Gasteiger partial charge in [-0.1, -0.05) is 13.8 Å². The van der Waals surface area contributed by atoms with Gasteiger partial charge in [-0.2, -0.15) is 0 Å². The minimum absolute atomic E-state index is 0.00670. The molecule has 1 aliphatic rings. The number of anilines is 1. The lowest BCUT2D eigenvalue weighted by molar-refractivity contribution is -0.0160. The Balaban J connectivity index is 2.02. The van der Waals surface area contributed by atoms with Gasteiger partial charge in [0.2, 0.25) is 0 Å². The molecule has 2 rings (SSSR count). The van der Waals surface area contributed by atoms with Crippen molar-refractivity contribution in [3.63, 3.8) is 0 Å². The van der Waals surface area contributed by atoms with E-state index in [1.54, 1.807) is 0 Å². The van der Waals surface area contributed by atoms with Crippen LogP contribution in [0.5, 0.6) is 5.75 Å². The zero-order valence-corrected chi connectivity index (χ0v) is 13.3. The zero-order valence-electron chi connectivity index (χ0n) is 13.3. The first-order valence-corrected chi connectivity index (χ1v) is 7.88. The van der Waals surface area contributed by atoms with Crippen LogP contribution in [0.25, 0.3) is 0 Å². The van der Waals surface area contributed by atoms with Gasteiger partial charge in [-0.05, 0) is 43.9 Å². The highest BCUT2D eigenvalue weighted by Crippen LogP contribution is 2.26. The van der Waals surface area contributed by atoms with Gasteiger partial charge in [-0.15, -0.1) is 0 Å². The minimum Gasteiger partial charge on any atom is -0.494 e. The molecule has 1 heterocycles. The molecule has 0 spiro atoms. The van der Waals surface area contributed by atoms with Crippen LogP contribution in [0.3, 0.4) is 0 Å². The number of benzene rings is 1. The van der Waals surface area contributed by atoms with Gasteiger partial charge in [0.15, 0.2) is 0 Å². The van der Waals surface area contributed by atoms with Crippen molar-refractivity contribution >= 4 is 5.69 Å². The summed E-state index contributed by atoms with van der Waals surface area (Å²) in [4.78, 5) is 0. The molecule has 0 bridgehead atoms. The predicted molar refractivity (Wildman–Crippen MR) is 84.8 cm³/mol. The second kappa shape index (κ2) is 7.66. The lowest BCUT2D eigenvalue weighted by Crippen LogP contribution is -2.36. The molecule has 0 aliphatic carbocycles. The van der Waals surface area contributed by atoms with Crippen LogP contribution >= 0.6 is 0 Å². The SMILES string of the molecule is CCOc1ccc(NC2CCOC(C(C)C)C2)cc1CO. The maximum Gasteiger partial charge on any atom is 0.124 e. The summed E-state index contributed by atoms with van der Waals surface area (Å²) in [6, 6.07) is 6.35. The molecular formula is C17H27NO3. The standard InChI is InChI=1S/C17H27NO3/c1-4-20-16-6-5-14(9-13(16)11-19)18-15-7-8-21-17(10-15)12(2)3/h5-6,9,12,15,17-19H,4,7-8,10-11H2,1-3H3. The summed E-state index contributed by atoms with van der Waals surface area (Å²) in [5, 5.41) is 13.0. The second-order valence-corrected chi connectivity index (χ2v) is 5.93. The monoisotopic (exact) mass is 293 g/mol. The highest BCUT2D eigenvalue weighted by Gasteiger charge is 2.24. The van der Waals surface area contributed by atoms with Crippen molar-refractivity contribution in [3.8, 4) is 5.75 Å². The van der Waals surface area contributed by atoms with E-state index >= 15 is 0 Å². The molecule has 21 heavy (non-hydrogen) atoms. The molecule has 1 aromatic carbocycles. The van der Waals surface area contributed by atoms with Crippen LogP contribution in [-0.4, -0.2) is 30.5 Å². The molecular weight excluding hydrogens is 266 g/mol. The molecule has 4 heteroatoms. The van der Waals surface area contributed by atoms with Crippen LogP contribution in [0.1, 0.15) is 39.2 Å². The number of nitrogens with one attached hydrogen (secondary N) is 1. The smallest absolute Gasteiger partial charge is 0.124 e. The van der Waals surface area contributed by atoms with Gasteiger partial charge in [0, 0.05) is 23.9 Å². The molecule has 4 nitrogen and oxygen atoms in total. The van der Waals surface area contributed by atoms with Crippen molar-refractivity contribution in [2.24, 2.45) is 5.92 Å². The van der Waals surface area contributed by atoms with Crippen molar-refractivity contribution < 1.29 is 14.6 Å². The number of hydrogen-bond donors (Lipinski definition) is 2. The van der Waals surface area contributed by atoms with Gasteiger partial charge in [0.25, 0.3) is 0 Å². The fourth-order valence-electron chi connectivity index (χ4n) is 2.75. The van der Waals surface area contributed by atoms with Crippen LogP contribution < -0.4 is 10.1 Å². The number of ether oxygens (including phenoxy) is 2. The maximum absolute atomic E-state index is 9.46. The second-order valence-electron chi connectivity index (χ2n) is 5.93. The highest BCUT2D eigenvalue weighted by molar-refractivity contribution is 5.51. The normalized spacial score (nSPS) is 22.3. The molecule has 2 atom stereocenters. The largest absolute Gasteiger partial charge is 0.494 e. The van der Waals surface area contributed by atoms with E-state index < -0.39 is 0 Å². The third-order valence-electron chi connectivity index (χ3n) is 3.96. The molecule has 2 unspecified atom stereocenters. The molecule has 118 valence electrons. The predicted octanol–water partition coefficient (Wildman–Crippen LogP) is 3.19. The highest BCUT2D eigenvalue weighted by atomic mass is 16.5. The van der Waals surface area contributed by atoms with Gasteiger partial charge < -0.3 is 19.9 Å². The van der Waals surface area contributed by atoms with E-state index in [9.17, 15) is 5.11 Å². The Kier molecular flexibility index (Phi) is 5.88. The summed E-state index contributed by atoms with van der Waals surface area (Å²) >= 11 is 0. The zero-order chi connectivity index (χ0) is 15.2. The summed E-state index contributed by atoms with van der Waals surface area (Å²) in [6.45, 7) is 7.76. The molecule has 0 aromatic heterocycles. The first kappa shape index (κ1) is 16.1. The number of aliphatic hydroxyl groups excluding tert-OH is 1. The summed E-state index contributed by atoms with van der Waals surface area (Å²) in [7, 11) is 0. The Labute approximate surface area is 127 Å². The van der Waals surface area contributed by atoms with E-state index in [1.807, 2.05) is 25.1 Å². The van der Waals surface area contributed by atoms with Crippen LogP contribution in [-0.2, 0) is 11.3 Å². The molecule has 2 N–H and O–H groups in total. The first-order chi connectivity index (χ1) is 10.1. The van der Waals surface area contributed by atoms with Crippen LogP contribution in [0.15, 0.2) is 18.2 Å². The van der Waals surface area contributed by atoms with Crippen LogP contribution in [0, 0.1) is 5.92 Å². The van der Waals surface area contributed by atoms with Gasteiger partial charge in [0.05, 0.1) is 19.3 Å². The number of hydrogen-bond acceptors (Lipinski definition) is 4. The Morgan fingerprint density at radius 3 is 2.90 bits per heavy atom. The fraction of sp³-hybridized carbons (Fsp3) is 0.647. The van der Waals surface area contributed by atoms with E-state index in [2.05, 4.69) is 19.2 Å². The number of aliphatic hydroxyl groups is 1. The average Bonchev–Trinajstić information content (AvgIpc) is 2.49.